The van der Waals surface area contributed by atoms with Crippen LogP contribution in [-0.2, 0) is 61.6 Å². The van der Waals surface area contributed by atoms with Crippen molar-refractivity contribution in [2.75, 3.05) is 62.2 Å². The van der Waals surface area contributed by atoms with Gasteiger partial charge in [0.1, 0.15) is 31.0 Å². The van der Waals surface area contributed by atoms with Crippen LogP contribution in [0.4, 0.5) is 83.9 Å². The van der Waals surface area contributed by atoms with Gasteiger partial charge in [0.05, 0.1) is 12.1 Å². The summed E-state index contributed by atoms with van der Waals surface area (Å²) in [4.78, 5) is 130. The van der Waals surface area contributed by atoms with Gasteiger partial charge in [-0.15, -0.1) is 0 Å². The quantitative estimate of drug-likeness (QED) is 0.0224. The number of carbonyl (C=O) groups is 9. The largest absolute Gasteiger partial charge is 0.446 e. The molecule has 16 atom stereocenters. The fraction of sp³-hybridized carbons (Fsp3) is 0.269. The van der Waals surface area contributed by atoms with Crippen molar-refractivity contribution in [3.05, 3.63) is 243 Å². The van der Waals surface area contributed by atoms with Crippen LogP contribution in [0, 0.1) is 0 Å². The average molecular weight is 1540 g/mol. The van der Waals surface area contributed by atoms with Crippen LogP contribution in [-0.4, -0.2) is 172 Å². The van der Waals surface area contributed by atoms with Crippen LogP contribution >= 0.6 is 0 Å². The minimum absolute atomic E-state index is 0.166. The molecule has 8 aromatic rings. The zero-order valence-corrected chi connectivity index (χ0v) is 59.7. The van der Waals surface area contributed by atoms with Gasteiger partial charge in [0, 0.05) is 64.5 Å². The van der Waals surface area contributed by atoms with E-state index in [9.17, 15) is 33.6 Å². The number of anilines is 8. The van der Waals surface area contributed by atoms with Gasteiger partial charge in [0.25, 0.3) is 5.91 Å². The van der Waals surface area contributed by atoms with Crippen molar-refractivity contribution in [2.24, 2.45) is 22.9 Å². The molecule has 0 bridgehead atoms. The minimum Gasteiger partial charge on any atom is -0.446 e. The van der Waals surface area contributed by atoms with Crippen LogP contribution in [0.25, 0.3) is 0 Å². The lowest BCUT2D eigenvalue weighted by molar-refractivity contribution is -0.329. The minimum atomic E-state index is -2.14. The van der Waals surface area contributed by atoms with Crippen molar-refractivity contribution in [1.82, 2.24) is 5.32 Å². The summed E-state index contributed by atoms with van der Waals surface area (Å²) in [5.41, 5.74) is 29.2. The molecule has 2 aliphatic heterocycles. The van der Waals surface area contributed by atoms with Gasteiger partial charge < -0.3 is 85.1 Å². The van der Waals surface area contributed by atoms with Gasteiger partial charge in [0.2, 0.25) is 0 Å². The van der Waals surface area contributed by atoms with Crippen LogP contribution in [0.3, 0.4) is 0 Å². The number of nitrogens with one attached hydrogen (secondary N) is 9. The van der Waals surface area contributed by atoms with Gasteiger partial charge in [-0.3, -0.25) is 47.3 Å². The van der Waals surface area contributed by atoms with E-state index in [4.69, 9.17) is 79.8 Å². The summed E-state index contributed by atoms with van der Waals surface area (Å²) in [6, 6.07) is 59.5. The third-order valence-electron chi connectivity index (χ3n) is 17.4. The summed E-state index contributed by atoms with van der Waals surface area (Å²) in [6.07, 6.45) is -34.9. The molecule has 3 fully saturated rings. The number of hydrogen-bond donors (Lipinski definition) is 13. The van der Waals surface area contributed by atoms with Gasteiger partial charge in [-0.1, -0.05) is 146 Å². The molecule has 0 radical (unpaired) electrons. The third kappa shape index (κ3) is 23.1. The highest BCUT2D eigenvalue weighted by Gasteiger charge is 2.59. The normalized spacial score (nSPS) is 23.3. The summed E-state index contributed by atoms with van der Waals surface area (Å²) in [7, 11) is 0. The molecular weight excluding hydrogens is 1450 g/mol. The molecule has 0 aromatic heterocycles. The Bertz CT molecular complexity index is 4380. The lowest BCUT2D eigenvalue weighted by atomic mass is 9.83. The molecule has 2 heterocycles. The molecule has 11 rings (SSSR count). The van der Waals surface area contributed by atoms with E-state index in [1.807, 2.05) is 0 Å². The SMILES string of the molecule is NCCC(OC(=O)Nc1ccccc1)C(=O)N[C@H]1C[C@@H](N)[C@H](OC2O[C@H](CN)[C@@H](OC(=O)Nc3ccccc3)[C@H](OC(=O)Nc3ccccc3)[C@H]2OC(=O)Nc2ccccc2)[C@@H](OC(=O)Nc2ccccc2)[C@@H]1O[C@H]1O[C@H](COC(=O)Nc2ccccc2)[C@@H](OC(=O)Nc2ccccc2)[C@H](N)[C@H]1OC(=O)Nc1ccccc1. The maximum absolute atomic E-state index is 15.2. The third-order valence-corrected chi connectivity index (χ3v) is 17.4. The standard InChI is InChI=1S/C78H83N13O21/c79-42-41-56(104-72(94)84-47-27-11-2-12-28-47)68(92)91-55-43-54(81)60(105-70-67(112-78(100)90-53-39-23-8-24-40-53)66(111-77(99)89-52-37-21-7-22-38-52)63(57(44-80)102-70)108-74(96)86-49-31-15-4-16-32-49)65(110-76(98)88-51-35-19-6-20-36-51)61(55)106-69-64(109-75(97)87-50-33-17-5-18-34-50)59(82)62(107-73(95)85-48-29-13-3-14-30-48)58(103-69)45-101-71(93)83-46-25-9-1-10-26-46/h1-40,54-67,69-70H,41-45,79-82H2,(H,83,93)(H,84,94)(H,85,95)(H,86,96)(H,87,97)(H,88,98)(H,89,99)(H,90,100)(H,91,92)/t54-,55+,56?,57-,58-,59+,60+,61-,62-,63-,64-,65-,66+,67-,69-,70?/m1/s1. The van der Waals surface area contributed by atoms with Gasteiger partial charge in [-0.05, 0) is 110 Å². The van der Waals surface area contributed by atoms with Crippen LogP contribution in [0.2, 0.25) is 0 Å². The lowest BCUT2D eigenvalue weighted by Crippen LogP contribution is -2.71. The number of para-hydroxylation sites is 8. The maximum Gasteiger partial charge on any atom is 0.412 e. The Morgan fingerprint density at radius 1 is 0.348 bits per heavy atom. The van der Waals surface area contributed by atoms with E-state index in [0.29, 0.717) is 11.4 Å². The molecule has 34 heteroatoms. The molecule has 2 unspecified atom stereocenters. The molecule has 17 N–H and O–H groups in total. The van der Waals surface area contributed by atoms with E-state index >= 15 is 9.59 Å². The smallest absolute Gasteiger partial charge is 0.412 e. The first-order valence-electron chi connectivity index (χ1n) is 35.4. The van der Waals surface area contributed by atoms with Crippen molar-refractivity contribution in [3.63, 3.8) is 0 Å². The fourth-order valence-corrected chi connectivity index (χ4v) is 12.3. The number of ether oxygens (including phenoxy) is 12. The van der Waals surface area contributed by atoms with Crippen molar-refractivity contribution in [1.29, 1.82) is 0 Å². The average Bonchev–Trinajstić information content (AvgIpc) is 0.762. The van der Waals surface area contributed by atoms with Gasteiger partial charge in [-0.25, -0.2) is 38.4 Å². The molecule has 0 spiro atoms. The van der Waals surface area contributed by atoms with E-state index in [2.05, 4.69) is 47.9 Å². The Hall–Kier alpha value is -12.9. The Morgan fingerprint density at radius 2 is 0.652 bits per heavy atom. The van der Waals surface area contributed by atoms with E-state index in [0.717, 1.165) is 0 Å². The Balaban J connectivity index is 1.03. The molecule has 1 saturated carbocycles. The Kier molecular flexibility index (Phi) is 28.6. The van der Waals surface area contributed by atoms with E-state index in [1.54, 1.807) is 206 Å². The first-order chi connectivity index (χ1) is 54.4. The second-order valence-electron chi connectivity index (χ2n) is 25.3. The number of hydrogen-bond acceptors (Lipinski definition) is 25. The summed E-state index contributed by atoms with van der Waals surface area (Å²) >= 11 is 0. The summed E-state index contributed by atoms with van der Waals surface area (Å²) in [6.45, 7) is -1.61. The molecule has 3 aliphatic rings. The highest BCUT2D eigenvalue weighted by Crippen LogP contribution is 2.38. The van der Waals surface area contributed by atoms with Gasteiger partial charge in [0.15, 0.2) is 55.3 Å². The van der Waals surface area contributed by atoms with Crippen molar-refractivity contribution < 1.29 is 100.0 Å². The monoisotopic (exact) mass is 1540 g/mol. The second-order valence-corrected chi connectivity index (χ2v) is 25.3. The molecule has 112 heavy (non-hydrogen) atoms. The van der Waals surface area contributed by atoms with Crippen LogP contribution in [0.5, 0.6) is 0 Å². The number of carbonyl (C=O) groups excluding carboxylic acids is 9. The lowest BCUT2D eigenvalue weighted by Gasteiger charge is -2.50. The first kappa shape index (κ1) is 80.1. The molecular formula is C78H83N13O21. The predicted octanol–water partition coefficient (Wildman–Crippen LogP) is 9.63. The highest BCUT2D eigenvalue weighted by atomic mass is 16.8. The zero-order valence-electron chi connectivity index (χ0n) is 59.7. The van der Waals surface area contributed by atoms with E-state index < -0.39 is 172 Å². The van der Waals surface area contributed by atoms with Crippen LogP contribution in [0.15, 0.2) is 243 Å². The second kappa shape index (κ2) is 40.0. The van der Waals surface area contributed by atoms with E-state index in [1.165, 1.54) is 36.4 Å². The summed E-state index contributed by atoms with van der Waals surface area (Å²) in [5.74, 6) is -1.04. The van der Waals surface area contributed by atoms with Crippen LogP contribution in [0.1, 0.15) is 12.8 Å². The number of amides is 9. The number of benzene rings is 8. The van der Waals surface area contributed by atoms with Crippen molar-refractivity contribution in [2.45, 2.75) is 111 Å². The molecule has 34 nitrogen and oxygen atoms in total. The van der Waals surface area contributed by atoms with Crippen molar-refractivity contribution >= 4 is 100 Å². The molecule has 1 aliphatic carbocycles. The molecule has 2 saturated heterocycles. The fourth-order valence-electron chi connectivity index (χ4n) is 12.3. The topological polar surface area (TPSA) is 477 Å². The Labute approximate surface area is 641 Å². The number of nitrogens with two attached hydrogens (primary N) is 4. The Morgan fingerprint density at radius 3 is 1.03 bits per heavy atom. The highest BCUT2D eigenvalue weighted by molar-refractivity contribution is 5.91. The number of rotatable bonds is 26. The van der Waals surface area contributed by atoms with Crippen molar-refractivity contribution in [3.8, 4) is 0 Å². The molecule has 8 aromatic carbocycles. The zero-order chi connectivity index (χ0) is 78.7. The summed E-state index contributed by atoms with van der Waals surface area (Å²) in [5, 5.41) is 23.7. The summed E-state index contributed by atoms with van der Waals surface area (Å²) < 4.78 is 76.3. The van der Waals surface area contributed by atoms with Gasteiger partial charge >= 0.3 is 48.7 Å². The van der Waals surface area contributed by atoms with E-state index in [-0.39, 0.29) is 47.1 Å². The van der Waals surface area contributed by atoms with Gasteiger partial charge in [-0.2, -0.15) is 0 Å². The van der Waals surface area contributed by atoms with Crippen LogP contribution < -0.4 is 70.8 Å². The maximum atomic E-state index is 15.2. The molecule has 586 valence electrons. The predicted molar refractivity (Wildman–Crippen MR) is 406 cm³/mol. The first-order valence-corrected chi connectivity index (χ1v) is 35.4. The molecule has 9 amide bonds.